The number of nitrogens with zero attached hydrogens (tertiary/aromatic N) is 1. The van der Waals surface area contributed by atoms with Crippen molar-refractivity contribution in [2.75, 3.05) is 5.33 Å². The summed E-state index contributed by atoms with van der Waals surface area (Å²) in [6.45, 7) is 2.11. The molecule has 0 saturated heterocycles. The molecule has 100 valence electrons. The van der Waals surface area contributed by atoms with E-state index in [-0.39, 0.29) is 0 Å². The topological polar surface area (TPSA) is 12.9 Å². The predicted octanol–water partition coefficient (Wildman–Crippen LogP) is 4.84. The molecule has 1 aromatic carbocycles. The highest BCUT2D eigenvalue weighted by atomic mass is 79.9. The van der Waals surface area contributed by atoms with E-state index in [0.29, 0.717) is 5.92 Å². The number of alkyl halides is 1. The molecular weight excluding hydrogens is 322 g/mol. The summed E-state index contributed by atoms with van der Waals surface area (Å²) < 4.78 is 0. The van der Waals surface area contributed by atoms with Gasteiger partial charge in [0.15, 0.2) is 0 Å². The van der Waals surface area contributed by atoms with Crippen LogP contribution in [0.4, 0.5) is 0 Å². The van der Waals surface area contributed by atoms with Crippen LogP contribution in [0.5, 0.6) is 0 Å². The number of rotatable bonds is 5. The zero-order valence-corrected chi connectivity index (χ0v) is 13.3. The summed E-state index contributed by atoms with van der Waals surface area (Å²) >= 11 is 9.78. The quantitative estimate of drug-likeness (QED) is 0.711. The lowest BCUT2D eigenvalue weighted by Crippen LogP contribution is -2.10. The number of halogens is 2. The maximum absolute atomic E-state index is 6.17. The summed E-state index contributed by atoms with van der Waals surface area (Å²) in [7, 11) is 0. The summed E-state index contributed by atoms with van der Waals surface area (Å²) in [4.78, 5) is 4.03. The molecule has 0 fully saturated rings. The Morgan fingerprint density at radius 3 is 2.53 bits per heavy atom. The number of pyridine rings is 1. The van der Waals surface area contributed by atoms with Crippen LogP contribution < -0.4 is 0 Å². The van der Waals surface area contributed by atoms with Crippen molar-refractivity contribution in [1.82, 2.24) is 4.98 Å². The molecule has 3 heteroatoms. The zero-order chi connectivity index (χ0) is 13.7. The van der Waals surface area contributed by atoms with Gasteiger partial charge in [-0.15, -0.1) is 0 Å². The number of hydrogen-bond donors (Lipinski definition) is 0. The minimum atomic E-state index is 0.544. The summed E-state index contributed by atoms with van der Waals surface area (Å²) in [6, 6.07) is 10.8. The van der Waals surface area contributed by atoms with Gasteiger partial charge in [-0.25, -0.2) is 0 Å². The molecule has 0 N–H and O–H groups in total. The molecular formula is C16H17BrClN. The molecule has 1 unspecified atom stereocenters. The van der Waals surface area contributed by atoms with Crippen molar-refractivity contribution in [2.45, 2.75) is 19.8 Å². The van der Waals surface area contributed by atoms with E-state index in [0.717, 1.165) is 23.2 Å². The van der Waals surface area contributed by atoms with E-state index in [4.69, 9.17) is 11.6 Å². The Bertz CT molecular complexity index is 525. The highest BCUT2D eigenvalue weighted by Gasteiger charge is 2.11. The molecule has 1 heterocycles. The van der Waals surface area contributed by atoms with E-state index in [9.17, 15) is 0 Å². The Kier molecular flexibility index (Phi) is 5.41. The second kappa shape index (κ2) is 7.06. The molecule has 19 heavy (non-hydrogen) atoms. The van der Waals surface area contributed by atoms with Crippen molar-refractivity contribution in [2.24, 2.45) is 5.92 Å². The number of aryl methyl sites for hydroxylation is 1. The van der Waals surface area contributed by atoms with Crippen LogP contribution in [0.15, 0.2) is 42.7 Å². The molecule has 1 aromatic heterocycles. The monoisotopic (exact) mass is 337 g/mol. The highest BCUT2D eigenvalue weighted by molar-refractivity contribution is 9.09. The van der Waals surface area contributed by atoms with Crippen molar-refractivity contribution < 1.29 is 0 Å². The first kappa shape index (κ1) is 14.5. The molecule has 0 spiro atoms. The van der Waals surface area contributed by atoms with Gasteiger partial charge in [-0.05, 0) is 42.9 Å². The molecule has 0 aliphatic heterocycles. The van der Waals surface area contributed by atoms with E-state index in [1.807, 2.05) is 6.07 Å². The summed E-state index contributed by atoms with van der Waals surface area (Å²) in [5.41, 5.74) is 3.85. The fourth-order valence-corrected chi connectivity index (χ4v) is 2.77. The van der Waals surface area contributed by atoms with Crippen LogP contribution in [-0.4, -0.2) is 10.3 Å². The third-order valence-electron chi connectivity index (χ3n) is 3.23. The predicted molar refractivity (Wildman–Crippen MR) is 85.1 cm³/mol. The standard InChI is InChI=1S/C16H17BrClN/c1-12-2-4-13(5-3-12)8-14(10-17)9-15-6-7-19-11-16(15)18/h2-7,11,14H,8-10H2,1H3. The Hall–Kier alpha value is -0.860. The zero-order valence-electron chi connectivity index (χ0n) is 10.9. The first-order valence-corrected chi connectivity index (χ1v) is 7.89. The fourth-order valence-electron chi connectivity index (χ4n) is 2.12. The van der Waals surface area contributed by atoms with Crippen molar-refractivity contribution in [3.05, 3.63) is 64.4 Å². The van der Waals surface area contributed by atoms with Crippen molar-refractivity contribution in [3.8, 4) is 0 Å². The lowest BCUT2D eigenvalue weighted by molar-refractivity contribution is 0.591. The highest BCUT2D eigenvalue weighted by Crippen LogP contribution is 2.21. The molecule has 0 aliphatic rings. The third-order valence-corrected chi connectivity index (χ3v) is 4.48. The van der Waals surface area contributed by atoms with Crippen LogP contribution in [0, 0.1) is 12.8 Å². The van der Waals surface area contributed by atoms with E-state index in [1.54, 1.807) is 12.4 Å². The van der Waals surface area contributed by atoms with Crippen molar-refractivity contribution in [3.63, 3.8) is 0 Å². The van der Waals surface area contributed by atoms with Gasteiger partial charge < -0.3 is 0 Å². The Morgan fingerprint density at radius 2 is 1.89 bits per heavy atom. The van der Waals surface area contributed by atoms with Gasteiger partial charge in [0, 0.05) is 17.7 Å². The van der Waals surface area contributed by atoms with Gasteiger partial charge in [0.1, 0.15) is 0 Å². The summed E-state index contributed by atoms with van der Waals surface area (Å²) in [5.74, 6) is 0.544. The molecule has 1 atom stereocenters. The normalized spacial score (nSPS) is 12.4. The van der Waals surface area contributed by atoms with Gasteiger partial charge in [0.05, 0.1) is 5.02 Å². The minimum absolute atomic E-state index is 0.544. The average molecular weight is 339 g/mol. The first-order chi connectivity index (χ1) is 9.19. The molecule has 2 aromatic rings. The lowest BCUT2D eigenvalue weighted by Gasteiger charge is -2.15. The molecule has 0 amide bonds. The van der Waals surface area contributed by atoms with Gasteiger partial charge in [-0.2, -0.15) is 0 Å². The van der Waals surface area contributed by atoms with Gasteiger partial charge >= 0.3 is 0 Å². The van der Waals surface area contributed by atoms with Crippen LogP contribution in [0.3, 0.4) is 0 Å². The molecule has 0 aliphatic carbocycles. The first-order valence-electron chi connectivity index (χ1n) is 6.39. The summed E-state index contributed by atoms with van der Waals surface area (Å²) in [6.07, 6.45) is 5.55. The minimum Gasteiger partial charge on any atom is -0.263 e. The van der Waals surface area contributed by atoms with Crippen LogP contribution in [0.2, 0.25) is 5.02 Å². The van der Waals surface area contributed by atoms with Crippen molar-refractivity contribution in [1.29, 1.82) is 0 Å². The SMILES string of the molecule is Cc1ccc(CC(CBr)Cc2ccncc2Cl)cc1. The smallest absolute Gasteiger partial charge is 0.0621 e. The number of aromatic nitrogens is 1. The molecule has 1 nitrogen and oxygen atoms in total. The maximum atomic E-state index is 6.17. The van der Waals surface area contributed by atoms with E-state index < -0.39 is 0 Å². The van der Waals surface area contributed by atoms with Crippen LogP contribution in [0.1, 0.15) is 16.7 Å². The largest absolute Gasteiger partial charge is 0.263 e. The van der Waals surface area contributed by atoms with Gasteiger partial charge in [-0.3, -0.25) is 4.98 Å². The van der Waals surface area contributed by atoms with Crippen LogP contribution in [0.25, 0.3) is 0 Å². The molecule has 0 saturated carbocycles. The maximum Gasteiger partial charge on any atom is 0.0621 e. The van der Waals surface area contributed by atoms with Gasteiger partial charge in [0.2, 0.25) is 0 Å². The Labute approximate surface area is 128 Å². The average Bonchev–Trinajstić information content (AvgIpc) is 2.43. The third kappa shape index (κ3) is 4.32. The van der Waals surface area contributed by atoms with Crippen molar-refractivity contribution >= 4 is 27.5 Å². The Balaban J connectivity index is 2.05. The fraction of sp³-hybridized carbons (Fsp3) is 0.312. The summed E-state index contributed by atoms with van der Waals surface area (Å²) in [5, 5.41) is 1.73. The number of benzene rings is 1. The van der Waals surface area contributed by atoms with E-state index in [2.05, 4.69) is 52.1 Å². The van der Waals surface area contributed by atoms with E-state index in [1.165, 1.54) is 16.7 Å². The van der Waals surface area contributed by atoms with Gasteiger partial charge in [-0.1, -0.05) is 57.4 Å². The van der Waals surface area contributed by atoms with E-state index >= 15 is 0 Å². The van der Waals surface area contributed by atoms with Crippen LogP contribution in [-0.2, 0) is 12.8 Å². The molecule has 0 radical (unpaired) electrons. The number of hydrogen-bond acceptors (Lipinski definition) is 1. The molecule has 2 rings (SSSR count). The molecule has 0 bridgehead atoms. The lowest BCUT2D eigenvalue weighted by atomic mass is 9.94. The Morgan fingerprint density at radius 1 is 1.16 bits per heavy atom. The second-order valence-corrected chi connectivity index (χ2v) is 5.94. The van der Waals surface area contributed by atoms with Gasteiger partial charge in [0.25, 0.3) is 0 Å². The second-order valence-electron chi connectivity index (χ2n) is 4.88. The van der Waals surface area contributed by atoms with Crippen LogP contribution >= 0.6 is 27.5 Å².